The lowest BCUT2D eigenvalue weighted by atomic mass is 10.0. The van der Waals surface area contributed by atoms with Crippen LogP contribution in [0.5, 0.6) is 0 Å². The van der Waals surface area contributed by atoms with E-state index in [0.717, 1.165) is 24.3 Å². The summed E-state index contributed by atoms with van der Waals surface area (Å²) in [4.78, 5) is 2.51. The third kappa shape index (κ3) is 3.46. The average Bonchev–Trinajstić information content (AvgIpc) is 2.82. The number of likely N-dealkylation sites (N-methyl/N-ethyl adjacent to an activating group) is 1. The number of fused-ring (bicyclic) bond motifs is 1. The predicted octanol–water partition coefficient (Wildman–Crippen LogP) is 1.96. The summed E-state index contributed by atoms with van der Waals surface area (Å²) < 4.78 is 0. The fourth-order valence-electron chi connectivity index (χ4n) is 3.09. The van der Waals surface area contributed by atoms with E-state index < -0.39 is 0 Å². The Kier molecular flexibility index (Phi) is 4.04. The molecular weight excluding hydrogens is 184 g/mol. The number of hydrogen-bond donors (Lipinski definition) is 1. The fourth-order valence-corrected chi connectivity index (χ4v) is 3.09. The molecule has 2 fully saturated rings. The van der Waals surface area contributed by atoms with Gasteiger partial charge in [-0.3, -0.25) is 0 Å². The first kappa shape index (κ1) is 11.4. The average molecular weight is 210 g/mol. The minimum absolute atomic E-state index is 1.02. The molecule has 2 aliphatic rings. The van der Waals surface area contributed by atoms with Gasteiger partial charge in [-0.1, -0.05) is 6.92 Å². The summed E-state index contributed by atoms with van der Waals surface area (Å²) in [6.07, 6.45) is 5.85. The van der Waals surface area contributed by atoms with Crippen molar-refractivity contribution >= 4 is 0 Å². The summed E-state index contributed by atoms with van der Waals surface area (Å²) in [5, 5.41) is 3.47. The van der Waals surface area contributed by atoms with Gasteiger partial charge in [0.05, 0.1) is 0 Å². The second-order valence-corrected chi connectivity index (χ2v) is 5.61. The molecule has 15 heavy (non-hydrogen) atoms. The molecule has 0 amide bonds. The standard InChI is InChI=1S/C13H26N2/c1-3-4-14-5-6-15(2)10-11-7-12-9-13(12)8-11/h11-14H,3-10H2,1-2H3. The maximum atomic E-state index is 3.47. The van der Waals surface area contributed by atoms with Crippen molar-refractivity contribution < 1.29 is 0 Å². The second-order valence-electron chi connectivity index (χ2n) is 5.61. The van der Waals surface area contributed by atoms with E-state index in [9.17, 15) is 0 Å². The van der Waals surface area contributed by atoms with Crippen LogP contribution in [0.4, 0.5) is 0 Å². The zero-order chi connectivity index (χ0) is 10.7. The van der Waals surface area contributed by atoms with Gasteiger partial charge >= 0.3 is 0 Å². The van der Waals surface area contributed by atoms with Crippen LogP contribution in [-0.2, 0) is 0 Å². The molecule has 2 saturated carbocycles. The van der Waals surface area contributed by atoms with Gasteiger partial charge in [-0.2, -0.15) is 0 Å². The Bertz CT molecular complexity index is 183. The zero-order valence-corrected chi connectivity index (χ0v) is 10.3. The van der Waals surface area contributed by atoms with Crippen LogP contribution >= 0.6 is 0 Å². The maximum Gasteiger partial charge on any atom is 0.0104 e. The first-order valence-corrected chi connectivity index (χ1v) is 6.68. The topological polar surface area (TPSA) is 15.3 Å². The summed E-state index contributed by atoms with van der Waals surface area (Å²) in [5.74, 6) is 3.30. The van der Waals surface area contributed by atoms with E-state index in [-0.39, 0.29) is 0 Å². The van der Waals surface area contributed by atoms with Crippen molar-refractivity contribution in [2.45, 2.75) is 32.6 Å². The molecule has 2 nitrogen and oxygen atoms in total. The molecule has 0 aromatic heterocycles. The number of nitrogens with zero attached hydrogens (tertiary/aromatic N) is 1. The Morgan fingerprint density at radius 2 is 1.87 bits per heavy atom. The molecular formula is C13H26N2. The van der Waals surface area contributed by atoms with Crippen LogP contribution in [0.15, 0.2) is 0 Å². The monoisotopic (exact) mass is 210 g/mol. The first-order chi connectivity index (χ1) is 7.29. The summed E-state index contributed by atoms with van der Waals surface area (Å²) in [6, 6.07) is 0. The third-order valence-electron chi connectivity index (χ3n) is 4.01. The molecule has 0 bridgehead atoms. The first-order valence-electron chi connectivity index (χ1n) is 6.68. The third-order valence-corrected chi connectivity index (χ3v) is 4.01. The maximum absolute atomic E-state index is 3.47. The van der Waals surface area contributed by atoms with Gasteiger partial charge in [0.1, 0.15) is 0 Å². The minimum atomic E-state index is 1.02. The van der Waals surface area contributed by atoms with Gasteiger partial charge in [0.2, 0.25) is 0 Å². The Balaban J connectivity index is 1.50. The van der Waals surface area contributed by atoms with Gasteiger partial charge in [-0.25, -0.2) is 0 Å². The molecule has 0 spiro atoms. The number of rotatable bonds is 7. The van der Waals surface area contributed by atoms with Crippen LogP contribution < -0.4 is 5.32 Å². The molecule has 2 rings (SSSR count). The van der Waals surface area contributed by atoms with Gasteiger partial charge < -0.3 is 10.2 Å². The van der Waals surface area contributed by atoms with Crippen LogP contribution in [0.25, 0.3) is 0 Å². The Hall–Kier alpha value is -0.0800. The van der Waals surface area contributed by atoms with Crippen molar-refractivity contribution in [3.8, 4) is 0 Å². The molecule has 0 heterocycles. The van der Waals surface area contributed by atoms with Crippen molar-refractivity contribution in [1.82, 2.24) is 10.2 Å². The van der Waals surface area contributed by atoms with E-state index >= 15 is 0 Å². The summed E-state index contributed by atoms with van der Waals surface area (Å²) in [7, 11) is 2.28. The minimum Gasteiger partial charge on any atom is -0.315 e. The highest BCUT2D eigenvalue weighted by molar-refractivity contribution is 4.96. The molecule has 2 atom stereocenters. The van der Waals surface area contributed by atoms with Gasteiger partial charge in [0, 0.05) is 19.6 Å². The molecule has 2 aliphatic carbocycles. The van der Waals surface area contributed by atoms with Crippen molar-refractivity contribution in [3.05, 3.63) is 0 Å². The van der Waals surface area contributed by atoms with Crippen LogP contribution in [0.3, 0.4) is 0 Å². The second kappa shape index (κ2) is 5.31. The highest BCUT2D eigenvalue weighted by Gasteiger charge is 2.45. The normalized spacial score (nSPS) is 33.4. The Labute approximate surface area is 94.4 Å². The van der Waals surface area contributed by atoms with E-state index in [1.807, 2.05) is 0 Å². The Morgan fingerprint density at radius 3 is 2.53 bits per heavy atom. The smallest absolute Gasteiger partial charge is 0.0104 e. The lowest BCUT2D eigenvalue weighted by Gasteiger charge is -2.21. The van der Waals surface area contributed by atoms with Crippen molar-refractivity contribution in [2.75, 3.05) is 33.2 Å². The van der Waals surface area contributed by atoms with Crippen LogP contribution in [0.1, 0.15) is 32.6 Å². The zero-order valence-electron chi connectivity index (χ0n) is 10.3. The quantitative estimate of drug-likeness (QED) is 0.646. The lowest BCUT2D eigenvalue weighted by Crippen LogP contribution is -2.32. The lowest BCUT2D eigenvalue weighted by molar-refractivity contribution is 0.267. The van der Waals surface area contributed by atoms with E-state index in [1.165, 1.54) is 38.9 Å². The highest BCUT2D eigenvalue weighted by atomic mass is 15.1. The number of hydrogen-bond acceptors (Lipinski definition) is 2. The molecule has 0 aromatic rings. The summed E-state index contributed by atoms with van der Waals surface area (Å²) in [6.45, 7) is 7.10. The van der Waals surface area contributed by atoms with Gasteiger partial charge in [0.15, 0.2) is 0 Å². The largest absolute Gasteiger partial charge is 0.315 e. The molecule has 0 aromatic carbocycles. The SMILES string of the molecule is CCCNCCN(C)CC1CC2CC2C1. The Morgan fingerprint density at radius 1 is 1.13 bits per heavy atom. The highest BCUT2D eigenvalue weighted by Crippen LogP contribution is 2.54. The summed E-state index contributed by atoms with van der Waals surface area (Å²) >= 11 is 0. The molecule has 88 valence electrons. The fraction of sp³-hybridized carbons (Fsp3) is 1.00. The van der Waals surface area contributed by atoms with E-state index in [1.54, 1.807) is 6.42 Å². The molecule has 0 radical (unpaired) electrons. The van der Waals surface area contributed by atoms with Gasteiger partial charge in [-0.05, 0) is 57.0 Å². The van der Waals surface area contributed by atoms with Crippen LogP contribution in [0.2, 0.25) is 0 Å². The van der Waals surface area contributed by atoms with Crippen molar-refractivity contribution in [1.29, 1.82) is 0 Å². The van der Waals surface area contributed by atoms with E-state index in [2.05, 4.69) is 24.2 Å². The van der Waals surface area contributed by atoms with Crippen molar-refractivity contribution in [2.24, 2.45) is 17.8 Å². The van der Waals surface area contributed by atoms with E-state index in [4.69, 9.17) is 0 Å². The molecule has 2 heteroatoms. The van der Waals surface area contributed by atoms with Crippen molar-refractivity contribution in [3.63, 3.8) is 0 Å². The molecule has 0 saturated heterocycles. The van der Waals surface area contributed by atoms with Gasteiger partial charge in [-0.15, -0.1) is 0 Å². The number of nitrogens with one attached hydrogen (secondary N) is 1. The molecule has 0 aliphatic heterocycles. The predicted molar refractivity (Wildman–Crippen MR) is 65.0 cm³/mol. The molecule has 2 unspecified atom stereocenters. The summed E-state index contributed by atoms with van der Waals surface area (Å²) in [5.41, 5.74) is 0. The van der Waals surface area contributed by atoms with E-state index in [0.29, 0.717) is 0 Å². The molecule has 1 N–H and O–H groups in total. The van der Waals surface area contributed by atoms with Gasteiger partial charge in [0.25, 0.3) is 0 Å². The van der Waals surface area contributed by atoms with Crippen LogP contribution in [0, 0.1) is 17.8 Å². The van der Waals surface area contributed by atoms with Crippen LogP contribution in [-0.4, -0.2) is 38.1 Å².